The molecule has 1 aromatic heterocycles. The number of ether oxygens (including phenoxy) is 1. The van der Waals surface area contributed by atoms with E-state index >= 15 is 0 Å². The molecule has 0 bridgehead atoms. The third-order valence-electron chi connectivity index (χ3n) is 3.00. The van der Waals surface area contributed by atoms with Crippen LogP contribution in [-0.2, 0) is 24.2 Å². The first-order valence-electron chi connectivity index (χ1n) is 6.20. The maximum Gasteiger partial charge on any atom is 0.146 e. The lowest BCUT2D eigenvalue weighted by Gasteiger charge is -2.09. The van der Waals surface area contributed by atoms with Gasteiger partial charge in [-0.05, 0) is 12.1 Å². The summed E-state index contributed by atoms with van der Waals surface area (Å²) in [5, 5.41) is 7.89. The van der Waals surface area contributed by atoms with Crippen LogP contribution in [0.15, 0.2) is 18.2 Å². The molecule has 0 amide bonds. The normalized spacial score (nSPS) is 11.0. The molecule has 2 N–H and O–H groups in total. The lowest BCUT2D eigenvalue weighted by atomic mass is 10.1. The maximum absolute atomic E-state index is 13.7. The highest BCUT2D eigenvalue weighted by Crippen LogP contribution is 2.16. The average molecular weight is 282 g/mol. The highest BCUT2D eigenvalue weighted by Gasteiger charge is 2.16. The molecule has 1 heterocycles. The van der Waals surface area contributed by atoms with Crippen LogP contribution in [0.1, 0.15) is 17.2 Å². The van der Waals surface area contributed by atoms with Crippen molar-refractivity contribution in [2.75, 3.05) is 13.7 Å². The van der Waals surface area contributed by atoms with Gasteiger partial charge in [-0.2, -0.15) is 0 Å². The minimum Gasteiger partial charge on any atom is -0.383 e. The van der Waals surface area contributed by atoms with Gasteiger partial charge in [-0.1, -0.05) is 6.07 Å². The number of hydrogen-bond donors (Lipinski definition) is 1. The number of nitrogens with two attached hydrogens (primary N) is 1. The van der Waals surface area contributed by atoms with Crippen molar-refractivity contribution in [2.45, 2.75) is 19.5 Å². The number of methoxy groups -OCH3 is 1. The summed E-state index contributed by atoms with van der Waals surface area (Å²) in [5.74, 6) is -0.165. The second-order valence-corrected chi connectivity index (χ2v) is 4.26. The Morgan fingerprint density at radius 1 is 1.20 bits per heavy atom. The molecule has 108 valence electrons. The molecule has 5 nitrogen and oxygen atoms in total. The SMILES string of the molecule is COCCn1c(CN)nnc1Cc1c(F)cccc1F. The van der Waals surface area contributed by atoms with Crippen molar-refractivity contribution in [2.24, 2.45) is 5.73 Å². The van der Waals surface area contributed by atoms with Crippen LogP contribution in [-0.4, -0.2) is 28.5 Å². The number of halogens is 2. The van der Waals surface area contributed by atoms with Crippen LogP contribution in [0.4, 0.5) is 8.78 Å². The molecule has 0 saturated heterocycles. The van der Waals surface area contributed by atoms with E-state index in [9.17, 15) is 8.78 Å². The van der Waals surface area contributed by atoms with Gasteiger partial charge in [0.2, 0.25) is 0 Å². The third-order valence-corrected chi connectivity index (χ3v) is 3.00. The molecule has 20 heavy (non-hydrogen) atoms. The van der Waals surface area contributed by atoms with Crippen molar-refractivity contribution in [3.63, 3.8) is 0 Å². The minimum absolute atomic E-state index is 0.0230. The molecule has 0 atom stereocenters. The van der Waals surface area contributed by atoms with Crippen LogP contribution < -0.4 is 5.73 Å². The summed E-state index contributed by atoms with van der Waals surface area (Å²) < 4.78 is 34.1. The molecule has 2 aromatic rings. The largest absolute Gasteiger partial charge is 0.383 e. The lowest BCUT2D eigenvalue weighted by molar-refractivity contribution is 0.185. The number of rotatable bonds is 6. The molecule has 0 aliphatic heterocycles. The van der Waals surface area contributed by atoms with Gasteiger partial charge in [0, 0.05) is 25.6 Å². The Bertz CT molecular complexity index is 565. The van der Waals surface area contributed by atoms with Crippen LogP contribution in [0, 0.1) is 11.6 Å². The molecular weight excluding hydrogens is 266 g/mol. The summed E-state index contributed by atoms with van der Waals surface area (Å²) >= 11 is 0. The van der Waals surface area contributed by atoms with Gasteiger partial charge in [0.15, 0.2) is 0 Å². The Morgan fingerprint density at radius 2 is 1.85 bits per heavy atom. The number of nitrogens with zero attached hydrogens (tertiary/aromatic N) is 3. The molecule has 1 aromatic carbocycles. The predicted octanol–water partition coefficient (Wildman–Crippen LogP) is 1.25. The van der Waals surface area contributed by atoms with Crippen LogP contribution in [0.2, 0.25) is 0 Å². The number of hydrogen-bond acceptors (Lipinski definition) is 4. The van der Waals surface area contributed by atoms with Crippen molar-refractivity contribution in [1.29, 1.82) is 0 Å². The zero-order valence-corrected chi connectivity index (χ0v) is 11.1. The fourth-order valence-corrected chi connectivity index (χ4v) is 1.95. The molecule has 0 spiro atoms. The third kappa shape index (κ3) is 3.00. The Hall–Kier alpha value is -1.86. The molecule has 0 radical (unpaired) electrons. The van der Waals surface area contributed by atoms with Crippen LogP contribution in [0.25, 0.3) is 0 Å². The van der Waals surface area contributed by atoms with E-state index in [4.69, 9.17) is 10.5 Å². The second-order valence-electron chi connectivity index (χ2n) is 4.26. The molecule has 0 aliphatic rings. The molecular formula is C13H16F2N4O. The summed E-state index contributed by atoms with van der Waals surface area (Å²) in [6, 6.07) is 3.77. The van der Waals surface area contributed by atoms with Gasteiger partial charge in [0.1, 0.15) is 23.3 Å². The first-order chi connectivity index (χ1) is 9.67. The second kappa shape index (κ2) is 6.53. The van der Waals surface area contributed by atoms with Gasteiger partial charge in [0.25, 0.3) is 0 Å². The van der Waals surface area contributed by atoms with Crippen molar-refractivity contribution in [3.8, 4) is 0 Å². The average Bonchev–Trinajstić information content (AvgIpc) is 2.82. The maximum atomic E-state index is 13.7. The summed E-state index contributed by atoms with van der Waals surface area (Å²) in [4.78, 5) is 0. The van der Waals surface area contributed by atoms with Crippen LogP contribution in [0.3, 0.4) is 0 Å². The standard InChI is InChI=1S/C13H16F2N4O/c1-20-6-5-19-12(17-18-13(19)8-16)7-9-10(14)3-2-4-11(9)15/h2-4H,5-8,16H2,1H3. The van der Waals surface area contributed by atoms with Crippen molar-refractivity contribution >= 4 is 0 Å². The van der Waals surface area contributed by atoms with Gasteiger partial charge < -0.3 is 15.0 Å². The number of benzene rings is 1. The molecule has 2 rings (SSSR count). The van der Waals surface area contributed by atoms with Crippen LogP contribution in [0.5, 0.6) is 0 Å². The van der Waals surface area contributed by atoms with E-state index in [0.29, 0.717) is 24.8 Å². The van der Waals surface area contributed by atoms with Crippen molar-refractivity contribution < 1.29 is 13.5 Å². The topological polar surface area (TPSA) is 66.0 Å². The first-order valence-corrected chi connectivity index (χ1v) is 6.20. The quantitative estimate of drug-likeness (QED) is 0.866. The Labute approximate surface area is 115 Å². The Morgan fingerprint density at radius 3 is 2.45 bits per heavy atom. The molecule has 0 aliphatic carbocycles. The van der Waals surface area contributed by atoms with E-state index in [2.05, 4.69) is 10.2 Å². The van der Waals surface area contributed by atoms with Gasteiger partial charge >= 0.3 is 0 Å². The smallest absolute Gasteiger partial charge is 0.146 e. The number of aromatic nitrogens is 3. The summed E-state index contributed by atoms with van der Waals surface area (Å²) in [5.41, 5.74) is 5.55. The Kier molecular flexibility index (Phi) is 4.75. The zero-order chi connectivity index (χ0) is 14.5. The molecule has 0 fully saturated rings. The summed E-state index contributed by atoms with van der Waals surface area (Å²) in [7, 11) is 1.57. The van der Waals surface area contributed by atoms with E-state index in [1.807, 2.05) is 0 Å². The first kappa shape index (κ1) is 14.5. The molecule has 7 heteroatoms. The highest BCUT2D eigenvalue weighted by molar-refractivity contribution is 5.23. The summed E-state index contributed by atoms with van der Waals surface area (Å²) in [6.07, 6.45) is 0.0230. The fourth-order valence-electron chi connectivity index (χ4n) is 1.95. The summed E-state index contributed by atoms with van der Waals surface area (Å²) in [6.45, 7) is 1.13. The van der Waals surface area contributed by atoms with E-state index in [1.165, 1.54) is 18.2 Å². The van der Waals surface area contributed by atoms with Crippen molar-refractivity contribution in [3.05, 3.63) is 47.0 Å². The van der Waals surface area contributed by atoms with E-state index in [0.717, 1.165) is 0 Å². The Balaban J connectivity index is 2.31. The monoisotopic (exact) mass is 282 g/mol. The predicted molar refractivity (Wildman–Crippen MR) is 69.0 cm³/mol. The van der Waals surface area contributed by atoms with E-state index < -0.39 is 11.6 Å². The highest BCUT2D eigenvalue weighted by atomic mass is 19.1. The molecule has 0 unspecified atom stereocenters. The van der Waals surface area contributed by atoms with Crippen molar-refractivity contribution in [1.82, 2.24) is 14.8 Å². The van der Waals surface area contributed by atoms with Gasteiger partial charge in [0.05, 0.1) is 13.2 Å². The lowest BCUT2D eigenvalue weighted by Crippen LogP contribution is -2.15. The van der Waals surface area contributed by atoms with E-state index in [-0.39, 0.29) is 18.5 Å². The van der Waals surface area contributed by atoms with Gasteiger partial charge in [-0.25, -0.2) is 8.78 Å². The fraction of sp³-hybridized carbons (Fsp3) is 0.385. The van der Waals surface area contributed by atoms with Crippen LogP contribution >= 0.6 is 0 Å². The minimum atomic E-state index is -0.597. The van der Waals surface area contributed by atoms with Gasteiger partial charge in [-0.3, -0.25) is 0 Å². The van der Waals surface area contributed by atoms with E-state index in [1.54, 1.807) is 11.7 Å². The van der Waals surface area contributed by atoms with Gasteiger partial charge in [-0.15, -0.1) is 10.2 Å². The zero-order valence-electron chi connectivity index (χ0n) is 11.1. The molecule has 0 saturated carbocycles.